The SMILES string of the molecule is N#CCCSOOC#CS. The van der Waals surface area contributed by atoms with E-state index in [2.05, 4.69) is 33.2 Å². The van der Waals surface area contributed by atoms with Crippen LogP contribution in [0.25, 0.3) is 0 Å². The standard InChI is InChI=1S/C5H5NO2S2/c6-2-1-5-10-8-7-3-4-9/h9H,1,5H2. The van der Waals surface area contributed by atoms with Crippen LogP contribution in [-0.4, -0.2) is 5.75 Å². The first-order chi connectivity index (χ1) is 4.91. The van der Waals surface area contributed by atoms with Gasteiger partial charge in [-0.2, -0.15) is 5.26 Å². The zero-order valence-corrected chi connectivity index (χ0v) is 6.74. The maximum absolute atomic E-state index is 8.07. The normalized spacial score (nSPS) is 7.20. The predicted molar refractivity (Wildman–Crippen MR) is 41.6 cm³/mol. The fraction of sp³-hybridized carbons (Fsp3) is 0.400. The summed E-state index contributed by atoms with van der Waals surface area (Å²) in [7, 11) is 0. The molecule has 0 rings (SSSR count). The molecule has 0 amide bonds. The molecule has 0 aliphatic carbocycles. The van der Waals surface area contributed by atoms with Crippen LogP contribution in [0.4, 0.5) is 0 Å². The summed E-state index contributed by atoms with van der Waals surface area (Å²) in [5.41, 5.74) is 0. The molecule has 0 aromatic carbocycles. The number of thiol groups is 1. The van der Waals surface area contributed by atoms with E-state index in [4.69, 9.17) is 5.26 Å². The lowest BCUT2D eigenvalue weighted by Crippen LogP contribution is -1.79. The van der Waals surface area contributed by atoms with Crippen molar-refractivity contribution in [1.82, 2.24) is 0 Å². The molecule has 0 aromatic rings. The molecule has 0 spiro atoms. The molecule has 0 saturated heterocycles. The summed E-state index contributed by atoms with van der Waals surface area (Å²) < 4.78 is 4.42. The molecule has 0 aromatic heterocycles. The second-order valence-corrected chi connectivity index (χ2v) is 2.10. The minimum absolute atomic E-state index is 0.433. The topological polar surface area (TPSA) is 42.2 Å². The van der Waals surface area contributed by atoms with Gasteiger partial charge in [-0.25, -0.2) is 0 Å². The third-order valence-electron chi connectivity index (χ3n) is 0.467. The molecule has 0 saturated carbocycles. The van der Waals surface area contributed by atoms with Crippen LogP contribution in [-0.2, 0) is 9.22 Å². The number of hydrogen-bond acceptors (Lipinski definition) is 5. The van der Waals surface area contributed by atoms with E-state index >= 15 is 0 Å². The average Bonchev–Trinajstić information content (AvgIpc) is 1.97. The van der Waals surface area contributed by atoms with Crippen molar-refractivity contribution in [2.24, 2.45) is 0 Å². The summed E-state index contributed by atoms with van der Waals surface area (Å²) in [6.45, 7) is 0. The zero-order chi connectivity index (χ0) is 7.66. The molecular weight excluding hydrogens is 170 g/mol. The molecule has 0 bridgehead atoms. The fourth-order valence-corrected chi connectivity index (χ4v) is 0.543. The van der Waals surface area contributed by atoms with Gasteiger partial charge in [-0.3, -0.25) is 4.89 Å². The van der Waals surface area contributed by atoms with Gasteiger partial charge in [-0.15, -0.1) is 4.33 Å². The van der Waals surface area contributed by atoms with Crippen LogP contribution in [0.5, 0.6) is 0 Å². The molecule has 10 heavy (non-hydrogen) atoms. The van der Waals surface area contributed by atoms with Gasteiger partial charge in [0.15, 0.2) is 6.11 Å². The maximum Gasteiger partial charge on any atom is 0.170 e. The van der Waals surface area contributed by atoms with E-state index in [0.717, 1.165) is 12.0 Å². The maximum atomic E-state index is 8.07. The van der Waals surface area contributed by atoms with Crippen molar-refractivity contribution < 1.29 is 9.22 Å². The number of hydrogen-bond donors (Lipinski definition) is 1. The van der Waals surface area contributed by atoms with Crippen molar-refractivity contribution in [3.63, 3.8) is 0 Å². The van der Waals surface area contributed by atoms with E-state index in [1.54, 1.807) is 0 Å². The highest BCUT2D eigenvalue weighted by molar-refractivity contribution is 7.94. The molecule has 0 unspecified atom stereocenters. The van der Waals surface area contributed by atoms with Crippen molar-refractivity contribution in [2.75, 3.05) is 5.75 Å². The summed E-state index contributed by atoms with van der Waals surface area (Å²) in [6, 6.07) is 1.95. The van der Waals surface area contributed by atoms with E-state index in [9.17, 15) is 0 Å². The van der Waals surface area contributed by atoms with Crippen LogP contribution in [0.1, 0.15) is 6.42 Å². The Hall–Kier alpha value is -0.490. The van der Waals surface area contributed by atoms with Gasteiger partial charge in [-0.05, 0) is 0 Å². The molecule has 0 aliphatic heterocycles. The number of nitrogens with zero attached hydrogens (tertiary/aromatic N) is 1. The van der Waals surface area contributed by atoms with Crippen molar-refractivity contribution in [3.05, 3.63) is 0 Å². The van der Waals surface area contributed by atoms with Crippen molar-refractivity contribution in [3.8, 4) is 17.4 Å². The monoisotopic (exact) mass is 175 g/mol. The van der Waals surface area contributed by atoms with Gasteiger partial charge in [0.25, 0.3) is 0 Å². The second kappa shape index (κ2) is 8.51. The van der Waals surface area contributed by atoms with Crippen molar-refractivity contribution in [2.45, 2.75) is 6.42 Å². The van der Waals surface area contributed by atoms with Crippen molar-refractivity contribution >= 4 is 24.7 Å². The lowest BCUT2D eigenvalue weighted by atomic mass is 10.6. The highest BCUT2D eigenvalue weighted by Gasteiger charge is 1.86. The summed E-state index contributed by atoms with van der Waals surface area (Å²) >= 11 is 4.57. The van der Waals surface area contributed by atoms with E-state index in [1.807, 2.05) is 6.07 Å². The molecule has 0 radical (unpaired) electrons. The zero-order valence-electron chi connectivity index (χ0n) is 5.03. The molecule has 0 aliphatic rings. The lowest BCUT2D eigenvalue weighted by Gasteiger charge is -1.90. The molecule has 0 N–H and O–H groups in total. The van der Waals surface area contributed by atoms with Crippen LogP contribution in [0, 0.1) is 22.7 Å². The fourth-order valence-electron chi connectivity index (χ4n) is 0.181. The predicted octanol–water partition coefficient (Wildman–Crippen LogP) is 1.34. The minimum atomic E-state index is 0.433. The lowest BCUT2D eigenvalue weighted by molar-refractivity contribution is -0.113. The van der Waals surface area contributed by atoms with E-state index in [1.165, 1.54) is 0 Å². The highest BCUT2D eigenvalue weighted by Crippen LogP contribution is 2.03. The van der Waals surface area contributed by atoms with E-state index < -0.39 is 0 Å². The average molecular weight is 175 g/mol. The Bertz CT molecular complexity index is 167. The number of nitriles is 1. The smallest absolute Gasteiger partial charge is 0.170 e. The van der Waals surface area contributed by atoms with Gasteiger partial charge in [0.1, 0.15) is 0 Å². The van der Waals surface area contributed by atoms with Crippen LogP contribution < -0.4 is 0 Å². The van der Waals surface area contributed by atoms with Crippen molar-refractivity contribution in [1.29, 1.82) is 5.26 Å². The molecule has 0 fully saturated rings. The van der Waals surface area contributed by atoms with Gasteiger partial charge < -0.3 is 0 Å². The van der Waals surface area contributed by atoms with Gasteiger partial charge in [0.2, 0.25) is 0 Å². The Morgan fingerprint density at radius 2 is 2.40 bits per heavy atom. The first kappa shape index (κ1) is 9.51. The minimum Gasteiger partial charge on any atom is -0.269 e. The van der Waals surface area contributed by atoms with Crippen LogP contribution in [0.2, 0.25) is 0 Å². The van der Waals surface area contributed by atoms with E-state index in [-0.39, 0.29) is 0 Å². The summed E-state index contributed by atoms with van der Waals surface area (Å²) in [5.74, 6) is 0.574. The molecular formula is C5H5NO2S2. The Kier molecular flexibility index (Phi) is 8.09. The Morgan fingerprint density at radius 3 is 3.00 bits per heavy atom. The Balaban J connectivity index is 2.90. The largest absolute Gasteiger partial charge is 0.269 e. The molecule has 0 heterocycles. The summed E-state index contributed by atoms with van der Waals surface area (Å²) in [6.07, 6.45) is 2.55. The molecule has 0 atom stereocenters. The van der Waals surface area contributed by atoms with Crippen LogP contribution in [0.3, 0.4) is 0 Å². The van der Waals surface area contributed by atoms with E-state index in [0.29, 0.717) is 12.2 Å². The third kappa shape index (κ3) is 7.51. The van der Waals surface area contributed by atoms with Gasteiger partial charge in [-0.1, -0.05) is 12.6 Å². The summed E-state index contributed by atoms with van der Waals surface area (Å²) in [4.78, 5) is 4.25. The van der Waals surface area contributed by atoms with Gasteiger partial charge in [0.05, 0.1) is 6.07 Å². The molecule has 54 valence electrons. The van der Waals surface area contributed by atoms with Gasteiger partial charge in [0, 0.05) is 29.5 Å². The first-order valence-corrected chi connectivity index (χ1v) is 3.73. The second-order valence-electron chi connectivity index (χ2n) is 1.10. The third-order valence-corrected chi connectivity index (χ3v) is 1.09. The first-order valence-electron chi connectivity index (χ1n) is 2.38. The van der Waals surface area contributed by atoms with Crippen LogP contribution >= 0.6 is 24.7 Å². The van der Waals surface area contributed by atoms with Gasteiger partial charge >= 0.3 is 0 Å². The quantitative estimate of drug-likeness (QED) is 0.175. The number of rotatable bonds is 4. The Morgan fingerprint density at radius 1 is 1.60 bits per heavy atom. The molecule has 3 nitrogen and oxygen atoms in total. The summed E-state index contributed by atoms with van der Waals surface area (Å²) in [5, 5.41) is 10.2. The Labute approximate surface area is 69.2 Å². The molecule has 5 heteroatoms. The van der Waals surface area contributed by atoms with Crippen LogP contribution in [0.15, 0.2) is 0 Å². The highest BCUT2D eigenvalue weighted by atomic mass is 32.2.